The Bertz CT molecular complexity index is 641. The molecule has 0 unspecified atom stereocenters. The Kier molecular flexibility index (Phi) is 6.53. The maximum absolute atomic E-state index is 12.8. The highest BCUT2D eigenvalue weighted by molar-refractivity contribution is 9.10. The van der Waals surface area contributed by atoms with Crippen molar-refractivity contribution in [3.63, 3.8) is 0 Å². The van der Waals surface area contributed by atoms with Gasteiger partial charge >= 0.3 is 0 Å². The molecule has 7 heteroatoms. The number of aryl methyl sites for hydroxylation is 1. The maximum atomic E-state index is 12.8. The Morgan fingerprint density at radius 2 is 1.87 bits per heavy atom. The van der Waals surface area contributed by atoms with Crippen molar-refractivity contribution in [2.75, 3.05) is 19.6 Å². The Balaban J connectivity index is 0.00000192. The van der Waals surface area contributed by atoms with Gasteiger partial charge in [0.25, 0.3) is 0 Å². The van der Waals surface area contributed by atoms with Gasteiger partial charge in [-0.3, -0.25) is 0 Å². The molecule has 2 aliphatic rings. The number of nitrogens with one attached hydrogen (secondary N) is 1. The van der Waals surface area contributed by atoms with Crippen LogP contribution in [0.2, 0.25) is 0 Å². The van der Waals surface area contributed by atoms with Gasteiger partial charge in [0.15, 0.2) is 0 Å². The van der Waals surface area contributed by atoms with Gasteiger partial charge in [0.05, 0.1) is 4.90 Å². The van der Waals surface area contributed by atoms with Crippen molar-refractivity contribution in [3.05, 3.63) is 28.2 Å². The van der Waals surface area contributed by atoms with Gasteiger partial charge < -0.3 is 5.32 Å². The summed E-state index contributed by atoms with van der Waals surface area (Å²) in [5.41, 5.74) is 0.946. The van der Waals surface area contributed by atoms with Gasteiger partial charge in [0.1, 0.15) is 0 Å². The van der Waals surface area contributed by atoms with E-state index in [0.717, 1.165) is 30.9 Å². The van der Waals surface area contributed by atoms with Crippen molar-refractivity contribution < 1.29 is 8.42 Å². The topological polar surface area (TPSA) is 49.4 Å². The molecule has 2 fully saturated rings. The van der Waals surface area contributed by atoms with Crippen LogP contribution in [0.1, 0.15) is 31.2 Å². The minimum Gasteiger partial charge on any atom is -0.314 e. The Labute approximate surface area is 153 Å². The molecule has 0 spiro atoms. The third-order valence-electron chi connectivity index (χ3n) is 4.62. The first-order valence-corrected chi connectivity index (χ1v) is 10.2. The predicted octanol–water partition coefficient (Wildman–Crippen LogP) is 3.33. The Morgan fingerprint density at radius 1 is 1.22 bits per heavy atom. The SMILES string of the molecule is Cc1cccc(S(=O)(=O)N2CCC(NCC3CC3)CC2)c1Br.Cl. The van der Waals surface area contributed by atoms with Gasteiger partial charge in [0, 0.05) is 23.6 Å². The lowest BCUT2D eigenvalue weighted by Crippen LogP contribution is -2.45. The Hall–Kier alpha value is -0.140. The number of hydrogen-bond acceptors (Lipinski definition) is 3. The molecule has 130 valence electrons. The first kappa shape index (κ1) is 19.2. The molecule has 4 nitrogen and oxygen atoms in total. The highest BCUT2D eigenvalue weighted by atomic mass is 79.9. The van der Waals surface area contributed by atoms with Crippen molar-refractivity contribution in [2.45, 2.75) is 43.5 Å². The second kappa shape index (κ2) is 7.83. The molecule has 1 saturated carbocycles. The number of piperidine rings is 1. The van der Waals surface area contributed by atoms with Crippen molar-refractivity contribution >= 4 is 38.4 Å². The molecule has 1 aromatic carbocycles. The molecular formula is C16H24BrClN2O2S. The number of sulfonamides is 1. The quantitative estimate of drug-likeness (QED) is 0.790. The smallest absolute Gasteiger partial charge is 0.244 e. The third-order valence-corrected chi connectivity index (χ3v) is 7.88. The van der Waals surface area contributed by atoms with E-state index in [1.165, 1.54) is 12.8 Å². The first-order chi connectivity index (χ1) is 10.5. The minimum absolute atomic E-state index is 0. The average molecular weight is 424 g/mol. The number of nitrogens with zero attached hydrogens (tertiary/aromatic N) is 1. The van der Waals surface area contributed by atoms with Gasteiger partial charge in [0.2, 0.25) is 10.0 Å². The van der Waals surface area contributed by atoms with Crippen LogP contribution < -0.4 is 5.32 Å². The van der Waals surface area contributed by atoms with E-state index in [1.807, 2.05) is 13.0 Å². The molecule has 1 aliphatic carbocycles. The monoisotopic (exact) mass is 422 g/mol. The van der Waals surface area contributed by atoms with Crippen molar-refractivity contribution in [2.24, 2.45) is 5.92 Å². The van der Waals surface area contributed by atoms with Crippen LogP contribution in [0.4, 0.5) is 0 Å². The standard InChI is InChI=1S/C16H23BrN2O2S.ClH/c1-12-3-2-4-15(16(12)17)22(20,21)19-9-7-14(8-10-19)18-11-13-5-6-13;/h2-4,13-14,18H,5-11H2,1H3;1H. The van der Waals surface area contributed by atoms with Crippen LogP contribution in [-0.2, 0) is 10.0 Å². The van der Waals surface area contributed by atoms with E-state index in [2.05, 4.69) is 21.2 Å². The lowest BCUT2D eigenvalue weighted by atomic mass is 10.1. The first-order valence-electron chi connectivity index (χ1n) is 7.97. The maximum Gasteiger partial charge on any atom is 0.244 e. The molecular weight excluding hydrogens is 400 g/mol. The Morgan fingerprint density at radius 3 is 2.48 bits per heavy atom. The van der Waals surface area contributed by atoms with E-state index in [0.29, 0.717) is 28.5 Å². The molecule has 3 rings (SSSR count). The van der Waals surface area contributed by atoms with Crippen molar-refractivity contribution in [1.29, 1.82) is 0 Å². The predicted molar refractivity (Wildman–Crippen MR) is 98.6 cm³/mol. The van der Waals surface area contributed by atoms with Gasteiger partial charge in [-0.2, -0.15) is 4.31 Å². The number of hydrogen-bond donors (Lipinski definition) is 1. The minimum atomic E-state index is -3.40. The van der Waals surface area contributed by atoms with Crippen LogP contribution in [0.15, 0.2) is 27.6 Å². The summed E-state index contributed by atoms with van der Waals surface area (Å²) in [4.78, 5) is 0.386. The largest absolute Gasteiger partial charge is 0.314 e. The van der Waals surface area contributed by atoms with Gasteiger partial charge in [-0.15, -0.1) is 12.4 Å². The van der Waals surface area contributed by atoms with E-state index in [-0.39, 0.29) is 12.4 Å². The summed E-state index contributed by atoms with van der Waals surface area (Å²) in [5, 5.41) is 3.59. The zero-order valence-corrected chi connectivity index (χ0v) is 16.5. The molecule has 1 heterocycles. The molecule has 1 N–H and O–H groups in total. The fourth-order valence-electron chi connectivity index (χ4n) is 2.91. The number of halogens is 2. The van der Waals surface area contributed by atoms with Crippen LogP contribution in [0, 0.1) is 12.8 Å². The fraction of sp³-hybridized carbons (Fsp3) is 0.625. The molecule has 23 heavy (non-hydrogen) atoms. The van der Waals surface area contributed by atoms with Gasteiger partial charge in [-0.05, 0) is 72.6 Å². The normalized spacial score (nSPS) is 20.3. The molecule has 0 bridgehead atoms. The number of rotatable bonds is 5. The highest BCUT2D eigenvalue weighted by Crippen LogP contribution is 2.30. The van der Waals surface area contributed by atoms with Crippen LogP contribution in [0.25, 0.3) is 0 Å². The van der Waals surface area contributed by atoms with Crippen molar-refractivity contribution in [1.82, 2.24) is 9.62 Å². The van der Waals surface area contributed by atoms with E-state index in [1.54, 1.807) is 16.4 Å². The second-order valence-corrected chi connectivity index (χ2v) is 9.12. The van der Waals surface area contributed by atoms with Crippen LogP contribution in [0.5, 0.6) is 0 Å². The lowest BCUT2D eigenvalue weighted by molar-refractivity contribution is 0.288. The van der Waals surface area contributed by atoms with E-state index >= 15 is 0 Å². The molecule has 0 radical (unpaired) electrons. The molecule has 0 atom stereocenters. The third kappa shape index (κ3) is 4.48. The average Bonchev–Trinajstić information content (AvgIpc) is 3.32. The summed E-state index contributed by atoms with van der Waals surface area (Å²) in [6.45, 7) is 4.22. The second-order valence-electron chi connectivity index (χ2n) is 6.42. The molecule has 0 aromatic heterocycles. The molecule has 1 saturated heterocycles. The summed E-state index contributed by atoms with van der Waals surface area (Å²) < 4.78 is 27.9. The van der Waals surface area contributed by atoms with E-state index in [9.17, 15) is 8.42 Å². The van der Waals surface area contributed by atoms with Crippen LogP contribution in [-0.4, -0.2) is 38.4 Å². The summed E-state index contributed by atoms with van der Waals surface area (Å²) in [5.74, 6) is 0.866. The molecule has 1 aliphatic heterocycles. The molecule has 1 aromatic rings. The lowest BCUT2D eigenvalue weighted by Gasteiger charge is -2.32. The summed E-state index contributed by atoms with van der Waals surface area (Å²) in [7, 11) is -3.40. The number of benzene rings is 1. The van der Waals surface area contributed by atoms with Gasteiger partial charge in [-0.25, -0.2) is 8.42 Å². The van der Waals surface area contributed by atoms with Crippen LogP contribution >= 0.6 is 28.3 Å². The summed E-state index contributed by atoms with van der Waals surface area (Å²) in [6, 6.07) is 5.87. The zero-order chi connectivity index (χ0) is 15.7. The van der Waals surface area contributed by atoms with E-state index < -0.39 is 10.0 Å². The summed E-state index contributed by atoms with van der Waals surface area (Å²) in [6.07, 6.45) is 4.49. The molecule has 0 amide bonds. The van der Waals surface area contributed by atoms with Crippen LogP contribution in [0.3, 0.4) is 0 Å². The van der Waals surface area contributed by atoms with E-state index in [4.69, 9.17) is 0 Å². The summed E-state index contributed by atoms with van der Waals surface area (Å²) >= 11 is 3.42. The zero-order valence-electron chi connectivity index (χ0n) is 13.3. The highest BCUT2D eigenvalue weighted by Gasteiger charge is 2.31. The van der Waals surface area contributed by atoms with Crippen molar-refractivity contribution in [3.8, 4) is 0 Å². The van der Waals surface area contributed by atoms with Gasteiger partial charge in [-0.1, -0.05) is 12.1 Å². The fourth-order valence-corrected chi connectivity index (χ4v) is 5.40.